The molecular weight excluding hydrogens is 264 g/mol. The van der Waals surface area contributed by atoms with Gasteiger partial charge in [-0.1, -0.05) is 0 Å². The van der Waals surface area contributed by atoms with Gasteiger partial charge in [0.1, 0.15) is 0 Å². The third kappa shape index (κ3) is 3.68. The standard InChI is InChI=1S/C13H26N2O3S/c1-15(9-12-5-2-3-7-18-12)13(10-14)6-4-8-19(16,17)11-13/h12H,2-11,14H2,1H3. The molecule has 112 valence electrons. The molecule has 2 saturated heterocycles. The van der Waals surface area contributed by atoms with E-state index in [1.165, 1.54) is 6.42 Å². The van der Waals surface area contributed by atoms with Crippen LogP contribution in [0.5, 0.6) is 0 Å². The van der Waals surface area contributed by atoms with E-state index in [0.29, 0.717) is 12.3 Å². The Morgan fingerprint density at radius 3 is 2.74 bits per heavy atom. The summed E-state index contributed by atoms with van der Waals surface area (Å²) in [6.07, 6.45) is 5.22. The smallest absolute Gasteiger partial charge is 0.152 e. The topological polar surface area (TPSA) is 72.6 Å². The molecule has 5 nitrogen and oxygen atoms in total. The van der Waals surface area contributed by atoms with E-state index < -0.39 is 15.4 Å². The van der Waals surface area contributed by atoms with Gasteiger partial charge in [0.2, 0.25) is 0 Å². The van der Waals surface area contributed by atoms with Crippen LogP contribution in [-0.2, 0) is 14.6 Å². The Morgan fingerprint density at radius 2 is 2.16 bits per heavy atom. The Bertz CT molecular complexity index is 393. The van der Waals surface area contributed by atoms with Crippen molar-refractivity contribution >= 4 is 9.84 Å². The molecule has 0 aromatic carbocycles. The van der Waals surface area contributed by atoms with Gasteiger partial charge in [0.05, 0.1) is 17.6 Å². The van der Waals surface area contributed by atoms with E-state index in [9.17, 15) is 8.42 Å². The molecule has 0 saturated carbocycles. The van der Waals surface area contributed by atoms with Gasteiger partial charge >= 0.3 is 0 Å². The molecule has 2 rings (SSSR count). The van der Waals surface area contributed by atoms with Crippen molar-refractivity contribution in [2.45, 2.75) is 43.7 Å². The van der Waals surface area contributed by atoms with Crippen LogP contribution >= 0.6 is 0 Å². The molecule has 0 radical (unpaired) electrons. The Morgan fingerprint density at radius 1 is 1.37 bits per heavy atom. The van der Waals surface area contributed by atoms with Crippen molar-refractivity contribution in [2.24, 2.45) is 5.73 Å². The minimum Gasteiger partial charge on any atom is -0.377 e. The van der Waals surface area contributed by atoms with Crippen molar-refractivity contribution in [3.8, 4) is 0 Å². The molecule has 0 amide bonds. The summed E-state index contributed by atoms with van der Waals surface area (Å²) < 4.78 is 29.6. The van der Waals surface area contributed by atoms with Crippen LogP contribution < -0.4 is 5.73 Å². The maximum atomic E-state index is 11.9. The number of hydrogen-bond acceptors (Lipinski definition) is 5. The van der Waals surface area contributed by atoms with Crippen LogP contribution in [0.25, 0.3) is 0 Å². The van der Waals surface area contributed by atoms with E-state index in [4.69, 9.17) is 10.5 Å². The van der Waals surface area contributed by atoms with Crippen LogP contribution in [0, 0.1) is 0 Å². The highest BCUT2D eigenvalue weighted by Crippen LogP contribution is 2.28. The van der Waals surface area contributed by atoms with E-state index >= 15 is 0 Å². The van der Waals surface area contributed by atoms with Crippen molar-refractivity contribution < 1.29 is 13.2 Å². The lowest BCUT2D eigenvalue weighted by Gasteiger charge is -2.45. The predicted octanol–water partition coefficient (Wildman–Crippen LogP) is 0.393. The molecule has 0 aromatic heterocycles. The summed E-state index contributed by atoms with van der Waals surface area (Å²) in [5.41, 5.74) is 5.53. The fourth-order valence-corrected chi connectivity index (χ4v) is 5.27. The lowest BCUT2D eigenvalue weighted by Crippen LogP contribution is -2.60. The first-order valence-corrected chi connectivity index (χ1v) is 9.03. The third-order valence-electron chi connectivity index (χ3n) is 4.53. The highest BCUT2D eigenvalue weighted by atomic mass is 32.2. The average molecular weight is 290 g/mol. The lowest BCUT2D eigenvalue weighted by atomic mass is 9.93. The zero-order chi connectivity index (χ0) is 13.9. The third-order valence-corrected chi connectivity index (χ3v) is 6.42. The summed E-state index contributed by atoms with van der Waals surface area (Å²) in [5.74, 6) is 0.502. The Kier molecular flexibility index (Phi) is 4.87. The summed E-state index contributed by atoms with van der Waals surface area (Å²) in [6.45, 7) is 2.01. The molecule has 2 aliphatic heterocycles. The summed E-state index contributed by atoms with van der Waals surface area (Å²) in [7, 11) is -0.959. The maximum Gasteiger partial charge on any atom is 0.152 e. The van der Waals surface area contributed by atoms with Crippen molar-refractivity contribution in [1.29, 1.82) is 0 Å². The van der Waals surface area contributed by atoms with Crippen LogP contribution in [0.1, 0.15) is 32.1 Å². The molecule has 2 heterocycles. The first kappa shape index (κ1) is 15.2. The highest BCUT2D eigenvalue weighted by molar-refractivity contribution is 7.91. The Labute approximate surface area is 116 Å². The molecule has 2 atom stereocenters. The molecule has 2 N–H and O–H groups in total. The van der Waals surface area contributed by atoms with Gasteiger partial charge in [0.25, 0.3) is 0 Å². The molecule has 19 heavy (non-hydrogen) atoms. The molecule has 2 unspecified atom stereocenters. The van der Waals surface area contributed by atoms with Crippen molar-refractivity contribution in [1.82, 2.24) is 4.90 Å². The van der Waals surface area contributed by atoms with Crippen LogP contribution in [0.15, 0.2) is 0 Å². The SMILES string of the molecule is CN(CC1CCCCO1)C1(CN)CCCS(=O)(=O)C1. The van der Waals surface area contributed by atoms with Gasteiger partial charge in [0.15, 0.2) is 9.84 Å². The van der Waals surface area contributed by atoms with Crippen molar-refractivity contribution in [2.75, 3.05) is 38.2 Å². The first-order valence-electron chi connectivity index (χ1n) is 7.21. The monoisotopic (exact) mass is 290 g/mol. The van der Waals surface area contributed by atoms with Crippen LogP contribution in [0.2, 0.25) is 0 Å². The second-order valence-corrected chi connectivity index (χ2v) is 8.18. The van der Waals surface area contributed by atoms with Crippen molar-refractivity contribution in [3.05, 3.63) is 0 Å². The van der Waals surface area contributed by atoms with E-state index in [1.807, 2.05) is 7.05 Å². The maximum absolute atomic E-state index is 11.9. The zero-order valence-corrected chi connectivity index (χ0v) is 12.6. The van der Waals surface area contributed by atoms with E-state index in [0.717, 1.165) is 38.8 Å². The van der Waals surface area contributed by atoms with Gasteiger partial charge in [-0.2, -0.15) is 0 Å². The number of sulfone groups is 1. The van der Waals surface area contributed by atoms with Gasteiger partial charge in [-0.05, 0) is 39.2 Å². The summed E-state index contributed by atoms with van der Waals surface area (Å²) in [4.78, 5) is 2.14. The Hall–Kier alpha value is -0.170. The molecule has 6 heteroatoms. The summed E-state index contributed by atoms with van der Waals surface area (Å²) in [6, 6.07) is 0. The number of hydrogen-bond donors (Lipinski definition) is 1. The van der Waals surface area contributed by atoms with Gasteiger partial charge in [-0.25, -0.2) is 8.42 Å². The fourth-order valence-electron chi connectivity index (χ4n) is 3.24. The van der Waals surface area contributed by atoms with E-state index in [2.05, 4.69) is 4.90 Å². The molecule has 2 fully saturated rings. The number of likely N-dealkylation sites (N-methyl/N-ethyl adjacent to an activating group) is 1. The molecular formula is C13H26N2O3S. The van der Waals surface area contributed by atoms with Crippen molar-refractivity contribution in [3.63, 3.8) is 0 Å². The first-order chi connectivity index (χ1) is 8.97. The molecule has 2 aliphatic rings. The summed E-state index contributed by atoms with van der Waals surface area (Å²) in [5, 5.41) is 0. The molecule has 0 spiro atoms. The van der Waals surface area contributed by atoms with E-state index in [1.54, 1.807) is 0 Å². The second kappa shape index (κ2) is 6.08. The number of ether oxygens (including phenoxy) is 1. The van der Waals surface area contributed by atoms with Gasteiger partial charge in [-0.15, -0.1) is 0 Å². The van der Waals surface area contributed by atoms with Crippen LogP contribution in [0.3, 0.4) is 0 Å². The second-order valence-electron chi connectivity index (χ2n) is 5.99. The molecule has 0 aliphatic carbocycles. The van der Waals surface area contributed by atoms with Crippen LogP contribution in [0.4, 0.5) is 0 Å². The minimum atomic E-state index is -2.95. The fraction of sp³-hybridized carbons (Fsp3) is 1.00. The zero-order valence-electron chi connectivity index (χ0n) is 11.8. The summed E-state index contributed by atoms with van der Waals surface area (Å²) >= 11 is 0. The predicted molar refractivity (Wildman–Crippen MR) is 75.9 cm³/mol. The molecule has 0 aromatic rings. The largest absolute Gasteiger partial charge is 0.377 e. The number of rotatable bonds is 4. The molecule has 0 bridgehead atoms. The quantitative estimate of drug-likeness (QED) is 0.811. The normalized spacial score (nSPS) is 35.4. The average Bonchev–Trinajstić information content (AvgIpc) is 2.38. The van der Waals surface area contributed by atoms with Gasteiger partial charge in [0, 0.05) is 25.2 Å². The number of nitrogens with two attached hydrogens (primary N) is 1. The Balaban J connectivity index is 2.02. The van der Waals surface area contributed by atoms with Crippen LogP contribution in [-0.4, -0.2) is 63.2 Å². The lowest BCUT2D eigenvalue weighted by molar-refractivity contribution is -0.0210. The van der Waals surface area contributed by atoms with Gasteiger partial charge in [-0.3, -0.25) is 4.90 Å². The van der Waals surface area contributed by atoms with E-state index in [-0.39, 0.29) is 11.9 Å². The van der Waals surface area contributed by atoms with Gasteiger partial charge < -0.3 is 10.5 Å². The minimum absolute atomic E-state index is 0.194. The number of nitrogens with zero attached hydrogens (tertiary/aromatic N) is 1. The highest BCUT2D eigenvalue weighted by Gasteiger charge is 2.41.